The number of nitrogens with two attached hydrogens (primary N) is 2. The molecular formula is C27H23F9N2O5S. The first-order valence-electron chi connectivity index (χ1n) is 12.3. The zero-order valence-corrected chi connectivity index (χ0v) is 23.6. The Labute approximate surface area is 244 Å². The van der Waals surface area contributed by atoms with E-state index in [1.54, 1.807) is 12.9 Å². The monoisotopic (exact) mass is 658 g/mol. The van der Waals surface area contributed by atoms with Crippen LogP contribution in [-0.2, 0) is 33.4 Å². The zero-order chi connectivity index (χ0) is 33.6. The van der Waals surface area contributed by atoms with Crippen LogP contribution in [0, 0.1) is 5.41 Å². The number of halogens is 9. The first kappa shape index (κ1) is 34.5. The summed E-state index contributed by atoms with van der Waals surface area (Å²) in [5.74, 6) is -1.24. The average Bonchev–Trinajstić information content (AvgIpc) is 2.88. The molecule has 0 saturated carbocycles. The van der Waals surface area contributed by atoms with Gasteiger partial charge in [-0.3, -0.25) is 0 Å². The molecule has 0 heterocycles. The maximum atomic E-state index is 13.6. The van der Waals surface area contributed by atoms with Gasteiger partial charge in [-0.15, -0.1) is 0 Å². The van der Waals surface area contributed by atoms with Gasteiger partial charge in [-0.2, -0.15) is 47.9 Å². The molecule has 7 nitrogen and oxygen atoms in total. The Morgan fingerprint density at radius 1 is 0.818 bits per heavy atom. The van der Waals surface area contributed by atoms with Crippen molar-refractivity contribution in [2.45, 2.75) is 51.8 Å². The Morgan fingerprint density at radius 3 is 1.70 bits per heavy atom. The molecule has 0 spiro atoms. The summed E-state index contributed by atoms with van der Waals surface area (Å²) in [5.41, 5.74) is 4.96. The lowest BCUT2D eigenvalue weighted by molar-refractivity contribution is -0.143. The third-order valence-electron chi connectivity index (χ3n) is 6.70. The third-order valence-corrected chi connectivity index (χ3v) is 8.03. The van der Waals surface area contributed by atoms with Crippen molar-refractivity contribution in [3.63, 3.8) is 0 Å². The highest BCUT2D eigenvalue weighted by molar-refractivity contribution is 7.91. The van der Waals surface area contributed by atoms with Crippen LogP contribution in [-0.4, -0.2) is 20.4 Å². The van der Waals surface area contributed by atoms with Crippen molar-refractivity contribution in [2.75, 3.05) is 0 Å². The molecule has 1 aliphatic rings. The van der Waals surface area contributed by atoms with Crippen LogP contribution in [0.15, 0.2) is 70.0 Å². The Kier molecular flexibility index (Phi) is 9.04. The highest BCUT2D eigenvalue weighted by atomic mass is 32.2. The van der Waals surface area contributed by atoms with Gasteiger partial charge >= 0.3 is 28.6 Å². The summed E-state index contributed by atoms with van der Waals surface area (Å²) in [6.45, 7) is 4.67. The van der Waals surface area contributed by atoms with Crippen LogP contribution in [0.5, 0.6) is 11.5 Å². The molecule has 3 rings (SSSR count). The van der Waals surface area contributed by atoms with Crippen LogP contribution in [0.3, 0.4) is 0 Å². The third kappa shape index (κ3) is 7.05. The first-order chi connectivity index (χ1) is 19.9. The molecule has 1 atom stereocenters. The Morgan fingerprint density at radius 2 is 1.30 bits per heavy atom. The SMILES string of the molecule is CCC(C)(C)C1=C(N)C(S(=O)(=O)Oc2cc(C(F)(F)F)cc(C(F)(F)F)c2)=C(Oc2ccc(C(F)(F)F)cc2)C(N)C1=C=O. The minimum Gasteiger partial charge on any atom is -0.458 e. The second-order valence-electron chi connectivity index (χ2n) is 10.1. The van der Waals surface area contributed by atoms with Gasteiger partial charge < -0.3 is 20.4 Å². The van der Waals surface area contributed by atoms with Crippen LogP contribution < -0.4 is 20.4 Å². The number of carbonyl (C=O) groups excluding carboxylic acids is 1. The highest BCUT2D eigenvalue weighted by Gasteiger charge is 2.45. The van der Waals surface area contributed by atoms with Gasteiger partial charge in [0.15, 0.2) is 10.7 Å². The van der Waals surface area contributed by atoms with Crippen LogP contribution in [0.2, 0.25) is 0 Å². The minimum atomic E-state index is -5.54. The van der Waals surface area contributed by atoms with E-state index in [1.165, 1.54) is 13.8 Å². The van der Waals surface area contributed by atoms with Gasteiger partial charge in [0.25, 0.3) is 0 Å². The Balaban J connectivity index is 2.32. The average molecular weight is 659 g/mol. The molecule has 4 N–H and O–H groups in total. The van der Waals surface area contributed by atoms with Crippen molar-refractivity contribution in [3.8, 4) is 11.5 Å². The molecule has 0 aromatic heterocycles. The quantitative estimate of drug-likeness (QED) is 0.198. The summed E-state index contributed by atoms with van der Waals surface area (Å²) in [6.07, 6.45) is -15.3. The fourth-order valence-electron chi connectivity index (χ4n) is 4.19. The summed E-state index contributed by atoms with van der Waals surface area (Å²) in [6, 6.07) is 0.585. The number of alkyl halides is 9. The topological polar surface area (TPSA) is 122 Å². The molecule has 2 aromatic carbocycles. The Hall–Kier alpha value is -3.95. The van der Waals surface area contributed by atoms with Crippen LogP contribution in [0.1, 0.15) is 43.9 Å². The molecular weight excluding hydrogens is 635 g/mol. The second kappa shape index (κ2) is 11.5. The zero-order valence-electron chi connectivity index (χ0n) is 22.8. The number of rotatable bonds is 7. The van der Waals surface area contributed by atoms with Gasteiger partial charge in [-0.25, -0.2) is 4.79 Å². The molecule has 44 heavy (non-hydrogen) atoms. The van der Waals surface area contributed by atoms with Crippen molar-refractivity contribution >= 4 is 16.1 Å². The van der Waals surface area contributed by atoms with Crippen LogP contribution >= 0.6 is 0 Å². The molecule has 17 heteroatoms. The number of benzene rings is 2. The van der Waals surface area contributed by atoms with Crippen LogP contribution in [0.4, 0.5) is 39.5 Å². The van der Waals surface area contributed by atoms with Crippen molar-refractivity contribution in [1.82, 2.24) is 0 Å². The van der Waals surface area contributed by atoms with E-state index in [1.807, 2.05) is 0 Å². The fourth-order valence-corrected chi connectivity index (χ4v) is 5.41. The summed E-state index contributed by atoms with van der Waals surface area (Å²) in [7, 11) is -5.54. The highest BCUT2D eigenvalue weighted by Crippen LogP contribution is 2.45. The van der Waals surface area contributed by atoms with Crippen molar-refractivity contribution < 1.29 is 61.6 Å². The largest absolute Gasteiger partial charge is 0.458 e. The molecule has 0 saturated heterocycles. The lowest BCUT2D eigenvalue weighted by Crippen LogP contribution is -2.41. The van der Waals surface area contributed by atoms with Crippen molar-refractivity contribution in [2.24, 2.45) is 16.9 Å². The minimum absolute atomic E-state index is 0.0000461. The van der Waals surface area contributed by atoms with Crippen LogP contribution in [0.25, 0.3) is 0 Å². The van der Waals surface area contributed by atoms with E-state index in [-0.39, 0.29) is 30.2 Å². The van der Waals surface area contributed by atoms with E-state index in [0.29, 0.717) is 12.1 Å². The summed E-state index contributed by atoms with van der Waals surface area (Å²) in [4.78, 5) is 10.8. The smallest absolute Gasteiger partial charge is 0.416 e. The Bertz CT molecular complexity index is 1630. The molecule has 0 bridgehead atoms. The first-order valence-corrected chi connectivity index (χ1v) is 13.7. The predicted octanol–water partition coefficient (Wildman–Crippen LogP) is 6.49. The lowest BCUT2D eigenvalue weighted by atomic mass is 9.73. The van der Waals surface area contributed by atoms with E-state index in [2.05, 4.69) is 0 Å². The maximum Gasteiger partial charge on any atom is 0.416 e. The van der Waals surface area contributed by atoms with E-state index < -0.39 is 90.2 Å². The van der Waals surface area contributed by atoms with Gasteiger partial charge in [-0.05, 0) is 59.9 Å². The van der Waals surface area contributed by atoms with Crippen molar-refractivity contribution in [1.29, 1.82) is 0 Å². The fraction of sp³-hybridized carbons (Fsp3) is 0.333. The molecule has 1 unspecified atom stereocenters. The molecule has 0 fully saturated rings. The normalized spacial score (nSPS) is 17.1. The molecule has 0 amide bonds. The van der Waals surface area contributed by atoms with Gasteiger partial charge in [0.1, 0.15) is 23.5 Å². The lowest BCUT2D eigenvalue weighted by Gasteiger charge is -2.35. The molecule has 0 aliphatic heterocycles. The van der Waals surface area contributed by atoms with Gasteiger partial charge in [0.2, 0.25) is 0 Å². The van der Waals surface area contributed by atoms with Gasteiger partial charge in [0.05, 0.1) is 28.0 Å². The summed E-state index contributed by atoms with van der Waals surface area (Å²) in [5, 5.41) is 0. The summed E-state index contributed by atoms with van der Waals surface area (Å²) >= 11 is 0. The number of hydrogen-bond donors (Lipinski definition) is 2. The summed E-state index contributed by atoms with van der Waals surface area (Å²) < 4.78 is 157. The van der Waals surface area contributed by atoms with E-state index in [4.69, 9.17) is 20.4 Å². The standard InChI is InChI=1S/C27H23F9N2O5S/c1-4-24(2,3)19-18(12-39)20(37)22(42-16-7-5-13(6-8-16)25(28,29)30)23(21(19)38)44(40,41)43-17-10-14(26(31,32)33)9-15(11-17)27(34,35)36/h5-11,20H,4,37-38H2,1-3H3. The number of hydrogen-bond acceptors (Lipinski definition) is 7. The molecule has 1 aliphatic carbocycles. The molecule has 0 radical (unpaired) electrons. The van der Waals surface area contributed by atoms with E-state index in [0.717, 1.165) is 12.1 Å². The second-order valence-corrected chi connectivity index (χ2v) is 11.6. The predicted molar refractivity (Wildman–Crippen MR) is 138 cm³/mol. The van der Waals surface area contributed by atoms with E-state index >= 15 is 0 Å². The maximum absolute atomic E-state index is 13.6. The molecule has 240 valence electrons. The van der Waals surface area contributed by atoms with E-state index in [9.17, 15) is 52.7 Å². The van der Waals surface area contributed by atoms with Gasteiger partial charge in [0, 0.05) is 0 Å². The number of ether oxygens (including phenoxy) is 1. The molecule has 2 aromatic rings. The van der Waals surface area contributed by atoms with Gasteiger partial charge in [-0.1, -0.05) is 20.8 Å². The van der Waals surface area contributed by atoms with Crippen molar-refractivity contribution in [3.05, 3.63) is 86.7 Å².